The Bertz CT molecular complexity index is 1380. The molecule has 5 rings (SSSR count). The zero-order chi connectivity index (χ0) is 27.0. The number of hydrogen-bond acceptors (Lipinski definition) is 8. The van der Waals surface area contributed by atoms with E-state index in [0.29, 0.717) is 24.6 Å². The van der Waals surface area contributed by atoms with Crippen LogP contribution in [0.2, 0.25) is 0 Å². The third kappa shape index (κ3) is 3.69. The van der Waals surface area contributed by atoms with Crippen LogP contribution in [0.25, 0.3) is 0 Å². The number of aliphatic imine (C=N–C) groups is 1. The molecule has 2 atom stereocenters. The predicted molar refractivity (Wildman–Crippen MR) is 141 cm³/mol. The molecule has 9 heteroatoms. The minimum Gasteiger partial charge on any atom is -0.497 e. The lowest BCUT2D eigenvalue weighted by molar-refractivity contribution is -0.140. The first-order valence-corrected chi connectivity index (χ1v) is 12.3. The number of amidine groups is 1. The Balaban J connectivity index is 1.84. The summed E-state index contributed by atoms with van der Waals surface area (Å²) in [6, 6.07) is 14.6. The Labute approximate surface area is 221 Å². The summed E-state index contributed by atoms with van der Waals surface area (Å²) >= 11 is 0. The number of rotatable bonds is 7. The SMILES string of the molecule is C=CCN1c2ccc(OC)cc2[C@]23CCC(=O)N(Cc4ccccc4)C2=NC(C(=O)OC)=C(C(=O)OC)C13. The van der Waals surface area contributed by atoms with Gasteiger partial charge in [-0.15, -0.1) is 6.58 Å². The lowest BCUT2D eigenvalue weighted by Crippen LogP contribution is -2.63. The van der Waals surface area contributed by atoms with E-state index >= 15 is 0 Å². The number of anilines is 1. The van der Waals surface area contributed by atoms with E-state index in [-0.39, 0.29) is 30.1 Å². The van der Waals surface area contributed by atoms with Gasteiger partial charge in [-0.25, -0.2) is 14.6 Å². The fourth-order valence-electron chi connectivity index (χ4n) is 5.93. The molecule has 0 saturated carbocycles. The Morgan fingerprint density at radius 2 is 1.84 bits per heavy atom. The van der Waals surface area contributed by atoms with E-state index in [2.05, 4.69) is 6.58 Å². The van der Waals surface area contributed by atoms with E-state index in [4.69, 9.17) is 19.2 Å². The van der Waals surface area contributed by atoms with Crippen LogP contribution in [-0.2, 0) is 35.8 Å². The maximum atomic E-state index is 13.5. The lowest BCUT2D eigenvalue weighted by Gasteiger charge is -2.48. The van der Waals surface area contributed by atoms with E-state index in [1.807, 2.05) is 53.4 Å². The van der Waals surface area contributed by atoms with Gasteiger partial charge >= 0.3 is 11.9 Å². The maximum absolute atomic E-state index is 13.5. The van der Waals surface area contributed by atoms with Gasteiger partial charge in [-0.1, -0.05) is 36.4 Å². The van der Waals surface area contributed by atoms with Crippen molar-refractivity contribution < 1.29 is 28.6 Å². The van der Waals surface area contributed by atoms with Crippen LogP contribution in [0.15, 0.2) is 77.4 Å². The fraction of sp³-hybridized carbons (Fsp3) is 0.310. The molecular formula is C29H29N3O6. The molecule has 0 N–H and O–H groups in total. The Hall–Kier alpha value is -4.40. The monoisotopic (exact) mass is 515 g/mol. The van der Waals surface area contributed by atoms with Crippen molar-refractivity contribution in [1.82, 2.24) is 4.90 Å². The van der Waals surface area contributed by atoms with Gasteiger partial charge in [0.05, 0.1) is 44.9 Å². The van der Waals surface area contributed by atoms with Crippen molar-refractivity contribution >= 4 is 29.4 Å². The molecule has 0 aliphatic carbocycles. The number of fused-ring (bicyclic) bond motifs is 1. The molecule has 196 valence electrons. The van der Waals surface area contributed by atoms with Crippen molar-refractivity contribution in [1.29, 1.82) is 0 Å². The van der Waals surface area contributed by atoms with Gasteiger partial charge in [0.1, 0.15) is 11.6 Å². The minimum absolute atomic E-state index is 0.0918. The lowest BCUT2D eigenvalue weighted by atomic mass is 9.65. The minimum atomic E-state index is -0.934. The van der Waals surface area contributed by atoms with Gasteiger partial charge in [-0.05, 0) is 35.7 Å². The molecule has 3 heterocycles. The van der Waals surface area contributed by atoms with Gasteiger partial charge in [0, 0.05) is 18.7 Å². The van der Waals surface area contributed by atoms with Gasteiger partial charge in [0.25, 0.3) is 0 Å². The molecule has 2 aromatic carbocycles. The zero-order valence-corrected chi connectivity index (χ0v) is 21.6. The van der Waals surface area contributed by atoms with Gasteiger partial charge in [-0.3, -0.25) is 9.69 Å². The van der Waals surface area contributed by atoms with Crippen molar-refractivity contribution in [2.75, 3.05) is 32.8 Å². The summed E-state index contributed by atoms with van der Waals surface area (Å²) in [7, 11) is 4.09. The highest BCUT2D eigenvalue weighted by Crippen LogP contribution is 2.56. The van der Waals surface area contributed by atoms with Crippen molar-refractivity contribution in [3.63, 3.8) is 0 Å². The molecule has 0 bridgehead atoms. The third-order valence-electron chi connectivity index (χ3n) is 7.50. The highest BCUT2D eigenvalue weighted by molar-refractivity contribution is 6.15. The molecule has 0 aromatic heterocycles. The molecule has 9 nitrogen and oxygen atoms in total. The first kappa shape index (κ1) is 25.3. The van der Waals surface area contributed by atoms with E-state index in [1.165, 1.54) is 14.2 Å². The van der Waals surface area contributed by atoms with E-state index in [0.717, 1.165) is 16.8 Å². The molecule has 3 aliphatic heterocycles. The normalized spacial score (nSPS) is 21.7. The van der Waals surface area contributed by atoms with Gasteiger partial charge in [0.2, 0.25) is 5.91 Å². The van der Waals surface area contributed by atoms with Crippen molar-refractivity contribution in [2.24, 2.45) is 4.99 Å². The highest BCUT2D eigenvalue weighted by Gasteiger charge is 2.63. The number of esters is 2. The second-order valence-electron chi connectivity index (χ2n) is 9.34. The summed E-state index contributed by atoms with van der Waals surface area (Å²) < 4.78 is 15.8. The first-order chi connectivity index (χ1) is 18.4. The van der Waals surface area contributed by atoms with E-state index in [1.54, 1.807) is 18.1 Å². The molecular weight excluding hydrogens is 486 g/mol. The number of hydrogen-bond donors (Lipinski definition) is 0. The molecule has 1 amide bonds. The van der Waals surface area contributed by atoms with Crippen molar-refractivity contribution in [2.45, 2.75) is 30.8 Å². The number of carbonyl (C=O) groups is 3. The smallest absolute Gasteiger partial charge is 0.357 e. The molecule has 1 unspecified atom stereocenters. The number of amides is 1. The predicted octanol–water partition coefficient (Wildman–Crippen LogP) is 3.14. The van der Waals surface area contributed by atoms with Crippen LogP contribution in [0.5, 0.6) is 5.75 Å². The van der Waals surface area contributed by atoms with E-state index in [9.17, 15) is 14.4 Å². The number of likely N-dealkylation sites (tertiary alicyclic amines) is 1. The fourth-order valence-corrected chi connectivity index (χ4v) is 5.93. The Morgan fingerprint density at radius 1 is 1.11 bits per heavy atom. The summed E-state index contributed by atoms with van der Waals surface area (Å²) in [4.78, 5) is 48.3. The number of ether oxygens (including phenoxy) is 3. The number of carbonyl (C=O) groups excluding carboxylic acids is 3. The van der Waals surface area contributed by atoms with Gasteiger partial charge < -0.3 is 19.1 Å². The van der Waals surface area contributed by atoms with Crippen molar-refractivity contribution in [3.05, 3.63) is 83.6 Å². The highest BCUT2D eigenvalue weighted by atomic mass is 16.5. The molecule has 2 aromatic rings. The Morgan fingerprint density at radius 3 is 2.50 bits per heavy atom. The average molecular weight is 516 g/mol. The topological polar surface area (TPSA) is 97.7 Å². The van der Waals surface area contributed by atoms with Gasteiger partial charge in [0.15, 0.2) is 5.70 Å². The standard InChI is InChI=1S/C29H29N3O6/c1-5-15-31-21-12-11-19(36-2)16-20(21)29-14-13-22(33)32(17-18-9-7-6-8-10-18)28(29)30-24(27(35)38-4)23(25(29)31)26(34)37-3/h5-12,16,25H,1,13-15,17H2,2-4H3/t25?,29-/m0/s1. The summed E-state index contributed by atoms with van der Waals surface area (Å²) in [5, 5.41) is 0. The number of piperidine rings is 1. The van der Waals surface area contributed by atoms with Crippen LogP contribution >= 0.6 is 0 Å². The van der Waals surface area contributed by atoms with Crippen LogP contribution in [0.1, 0.15) is 24.0 Å². The van der Waals surface area contributed by atoms with Crippen LogP contribution in [-0.4, -0.2) is 62.5 Å². The molecule has 3 aliphatic rings. The quantitative estimate of drug-likeness (QED) is 0.413. The molecule has 1 fully saturated rings. The number of benzene rings is 2. The Kier molecular flexibility index (Phi) is 6.52. The van der Waals surface area contributed by atoms with Crippen LogP contribution in [0.4, 0.5) is 5.69 Å². The summed E-state index contributed by atoms with van der Waals surface area (Å²) in [6.07, 6.45) is 2.34. The maximum Gasteiger partial charge on any atom is 0.357 e. The van der Waals surface area contributed by atoms with Crippen LogP contribution in [0.3, 0.4) is 0 Å². The molecule has 1 saturated heterocycles. The van der Waals surface area contributed by atoms with Crippen molar-refractivity contribution in [3.8, 4) is 5.75 Å². The van der Waals surface area contributed by atoms with Crippen LogP contribution in [0, 0.1) is 0 Å². The summed E-state index contributed by atoms with van der Waals surface area (Å²) in [6.45, 7) is 4.56. The summed E-state index contributed by atoms with van der Waals surface area (Å²) in [5.41, 5.74) is 1.59. The number of nitrogens with zero attached hydrogens (tertiary/aromatic N) is 3. The largest absolute Gasteiger partial charge is 0.497 e. The molecule has 0 radical (unpaired) electrons. The van der Waals surface area contributed by atoms with E-state index < -0.39 is 23.4 Å². The molecule has 1 spiro atoms. The second-order valence-corrected chi connectivity index (χ2v) is 9.34. The number of methoxy groups -OCH3 is 3. The van der Waals surface area contributed by atoms with Gasteiger partial charge in [-0.2, -0.15) is 0 Å². The first-order valence-electron chi connectivity index (χ1n) is 12.3. The zero-order valence-electron chi connectivity index (χ0n) is 21.6. The van der Waals surface area contributed by atoms with Crippen LogP contribution < -0.4 is 9.64 Å². The molecule has 38 heavy (non-hydrogen) atoms. The third-order valence-corrected chi connectivity index (χ3v) is 7.50. The average Bonchev–Trinajstić information content (AvgIpc) is 3.22. The second kappa shape index (κ2) is 9.81. The summed E-state index contributed by atoms with van der Waals surface area (Å²) in [5.74, 6) is -0.550.